The summed E-state index contributed by atoms with van der Waals surface area (Å²) in [5.74, 6) is -0.746. The third kappa shape index (κ3) is 7.64. The molecule has 0 aliphatic carbocycles. The fourth-order valence-electron chi connectivity index (χ4n) is 4.42. The predicted octanol–water partition coefficient (Wildman–Crippen LogP) is 5.88. The van der Waals surface area contributed by atoms with E-state index in [1.807, 2.05) is 45.0 Å². The van der Waals surface area contributed by atoms with Crippen LogP contribution < -0.4 is 9.62 Å². The van der Waals surface area contributed by atoms with Gasteiger partial charge in [-0.3, -0.25) is 13.9 Å². The lowest BCUT2D eigenvalue weighted by Crippen LogP contribution is -2.52. The molecule has 0 aliphatic heterocycles. The van der Waals surface area contributed by atoms with Crippen LogP contribution in [0.4, 0.5) is 5.69 Å². The zero-order valence-corrected chi connectivity index (χ0v) is 25.1. The maximum Gasteiger partial charge on any atom is 0.264 e. The van der Waals surface area contributed by atoms with Crippen molar-refractivity contribution in [1.29, 1.82) is 0 Å². The molecule has 1 N–H and O–H groups in total. The highest BCUT2D eigenvalue weighted by atomic mass is 35.5. The number of nitrogens with zero attached hydrogens (tertiary/aromatic N) is 2. The molecule has 3 aromatic carbocycles. The molecule has 40 heavy (non-hydrogen) atoms. The molecule has 0 spiro atoms. The minimum Gasteiger partial charge on any atom is -0.354 e. The van der Waals surface area contributed by atoms with Crippen molar-refractivity contribution in [2.45, 2.75) is 64.4 Å². The number of nitrogens with one attached hydrogen (secondary N) is 1. The highest BCUT2D eigenvalue weighted by molar-refractivity contribution is 7.92. The molecule has 0 fully saturated rings. The van der Waals surface area contributed by atoms with Gasteiger partial charge in [-0.2, -0.15) is 0 Å². The van der Waals surface area contributed by atoms with Gasteiger partial charge in [-0.15, -0.1) is 0 Å². The van der Waals surface area contributed by atoms with Gasteiger partial charge in [-0.25, -0.2) is 8.42 Å². The normalized spacial score (nSPS) is 12.0. The molecular weight excluding hydrogens is 546 g/mol. The van der Waals surface area contributed by atoms with Gasteiger partial charge in [0, 0.05) is 18.1 Å². The van der Waals surface area contributed by atoms with E-state index >= 15 is 0 Å². The summed E-state index contributed by atoms with van der Waals surface area (Å²) < 4.78 is 29.0. The van der Waals surface area contributed by atoms with Crippen LogP contribution in [0.3, 0.4) is 0 Å². The van der Waals surface area contributed by atoms with Crippen molar-refractivity contribution in [3.05, 3.63) is 94.5 Å². The molecule has 1 unspecified atom stereocenters. The van der Waals surface area contributed by atoms with Crippen LogP contribution >= 0.6 is 11.6 Å². The molecule has 3 aromatic rings. The fourth-order valence-corrected chi connectivity index (χ4v) is 6.08. The zero-order chi connectivity index (χ0) is 29.3. The maximum absolute atomic E-state index is 14.1. The summed E-state index contributed by atoms with van der Waals surface area (Å²) in [6.45, 7) is 7.75. The number of unbranched alkanes of at least 4 members (excludes halogenated alkanes) is 1. The third-order valence-electron chi connectivity index (χ3n) is 6.81. The Hall–Kier alpha value is -3.36. The Morgan fingerprint density at radius 1 is 0.925 bits per heavy atom. The molecule has 3 rings (SSSR count). The highest BCUT2D eigenvalue weighted by Crippen LogP contribution is 2.31. The van der Waals surface area contributed by atoms with Crippen LogP contribution in [0.25, 0.3) is 0 Å². The first-order chi connectivity index (χ1) is 19.1. The van der Waals surface area contributed by atoms with E-state index in [1.165, 1.54) is 17.0 Å². The number of hydrogen-bond donors (Lipinski definition) is 1. The topological polar surface area (TPSA) is 86.8 Å². The molecule has 9 heteroatoms. The van der Waals surface area contributed by atoms with Crippen LogP contribution in [0, 0.1) is 13.8 Å². The van der Waals surface area contributed by atoms with E-state index in [9.17, 15) is 18.0 Å². The number of hydrogen-bond acceptors (Lipinski definition) is 4. The van der Waals surface area contributed by atoms with Crippen molar-refractivity contribution in [3.63, 3.8) is 0 Å². The number of halogens is 1. The summed E-state index contributed by atoms with van der Waals surface area (Å²) in [5.41, 5.74) is 2.75. The molecular formula is C31H38ClN3O4S. The first-order valence-corrected chi connectivity index (χ1v) is 15.4. The fraction of sp³-hybridized carbons (Fsp3) is 0.355. The van der Waals surface area contributed by atoms with Gasteiger partial charge < -0.3 is 10.2 Å². The molecule has 0 heterocycles. The molecule has 7 nitrogen and oxygen atoms in total. The summed E-state index contributed by atoms with van der Waals surface area (Å²) in [6, 6.07) is 19.9. The number of rotatable bonds is 13. The Morgan fingerprint density at radius 2 is 1.60 bits per heavy atom. The number of carbonyl (C=O) groups excluding carboxylic acids is 2. The monoisotopic (exact) mass is 583 g/mol. The summed E-state index contributed by atoms with van der Waals surface area (Å²) in [6.07, 6.45) is 2.12. The predicted molar refractivity (Wildman–Crippen MR) is 161 cm³/mol. The Bertz CT molecular complexity index is 1400. The Kier molecular flexibility index (Phi) is 11.2. The lowest BCUT2D eigenvalue weighted by molar-refractivity contribution is -0.140. The standard InChI is InChI=1S/C31H38ClN3O4S/c1-5-7-20-33-31(37)28(6-2)34(21-25-18-16-23(3)17-19-25)30(36)22-35(29-15-11-14-27(32)24(29)4)40(38,39)26-12-9-8-10-13-26/h8-19,28H,5-7,20-22H2,1-4H3,(H,33,37). The van der Waals surface area contributed by atoms with Crippen molar-refractivity contribution in [2.24, 2.45) is 0 Å². The minimum absolute atomic E-state index is 0.0524. The quantitative estimate of drug-likeness (QED) is 0.255. The Morgan fingerprint density at radius 3 is 2.23 bits per heavy atom. The van der Waals surface area contributed by atoms with Crippen LogP contribution in [0.2, 0.25) is 5.02 Å². The first kappa shape index (κ1) is 31.2. The molecule has 0 bridgehead atoms. The summed E-state index contributed by atoms with van der Waals surface area (Å²) in [7, 11) is -4.14. The number of aryl methyl sites for hydroxylation is 1. The van der Waals surface area contributed by atoms with Gasteiger partial charge >= 0.3 is 0 Å². The van der Waals surface area contributed by atoms with E-state index in [-0.39, 0.29) is 17.3 Å². The molecule has 0 radical (unpaired) electrons. The number of benzene rings is 3. The van der Waals surface area contributed by atoms with E-state index < -0.39 is 28.5 Å². The zero-order valence-electron chi connectivity index (χ0n) is 23.6. The van der Waals surface area contributed by atoms with E-state index in [0.717, 1.165) is 28.3 Å². The van der Waals surface area contributed by atoms with E-state index in [0.29, 0.717) is 29.2 Å². The molecule has 0 aromatic heterocycles. The van der Waals surface area contributed by atoms with Crippen molar-refractivity contribution in [2.75, 3.05) is 17.4 Å². The van der Waals surface area contributed by atoms with Crippen LogP contribution in [0.15, 0.2) is 77.7 Å². The van der Waals surface area contributed by atoms with Crippen molar-refractivity contribution < 1.29 is 18.0 Å². The average molecular weight is 584 g/mol. The maximum atomic E-state index is 14.1. The van der Waals surface area contributed by atoms with Gasteiger partial charge in [0.05, 0.1) is 10.6 Å². The second-order valence-corrected chi connectivity index (χ2v) is 12.1. The number of carbonyl (C=O) groups is 2. The van der Waals surface area contributed by atoms with Gasteiger partial charge in [0.25, 0.3) is 10.0 Å². The summed E-state index contributed by atoms with van der Waals surface area (Å²) in [5, 5.41) is 3.33. The molecule has 1 atom stereocenters. The lowest BCUT2D eigenvalue weighted by Gasteiger charge is -2.33. The van der Waals surface area contributed by atoms with Crippen LogP contribution in [-0.4, -0.2) is 44.3 Å². The van der Waals surface area contributed by atoms with Crippen LogP contribution in [0.1, 0.15) is 49.8 Å². The SMILES string of the molecule is CCCCNC(=O)C(CC)N(Cc1ccc(C)cc1)C(=O)CN(c1cccc(Cl)c1C)S(=O)(=O)c1ccccc1. The van der Waals surface area contributed by atoms with Gasteiger partial charge in [0.15, 0.2) is 0 Å². The minimum atomic E-state index is -4.14. The number of anilines is 1. The van der Waals surface area contributed by atoms with Crippen molar-refractivity contribution in [3.8, 4) is 0 Å². The third-order valence-corrected chi connectivity index (χ3v) is 8.99. The molecule has 2 amide bonds. The average Bonchev–Trinajstić information content (AvgIpc) is 2.95. The second kappa shape index (κ2) is 14.3. The van der Waals surface area contributed by atoms with Crippen molar-refractivity contribution >= 4 is 39.1 Å². The molecule has 0 saturated heterocycles. The van der Waals surface area contributed by atoms with Gasteiger partial charge in [-0.05, 0) is 62.1 Å². The summed E-state index contributed by atoms with van der Waals surface area (Å²) in [4.78, 5) is 28.9. The van der Waals surface area contributed by atoms with Crippen LogP contribution in [0.5, 0.6) is 0 Å². The van der Waals surface area contributed by atoms with Gasteiger partial charge in [-0.1, -0.05) is 86.0 Å². The second-order valence-electron chi connectivity index (χ2n) is 9.78. The first-order valence-electron chi connectivity index (χ1n) is 13.6. The Labute approximate surface area is 243 Å². The van der Waals surface area contributed by atoms with Gasteiger partial charge in [0.1, 0.15) is 12.6 Å². The lowest BCUT2D eigenvalue weighted by atomic mass is 10.1. The smallest absolute Gasteiger partial charge is 0.264 e. The van der Waals surface area contributed by atoms with Crippen molar-refractivity contribution in [1.82, 2.24) is 10.2 Å². The van der Waals surface area contributed by atoms with E-state index in [1.54, 1.807) is 43.3 Å². The summed E-state index contributed by atoms with van der Waals surface area (Å²) >= 11 is 6.38. The van der Waals surface area contributed by atoms with Gasteiger partial charge in [0.2, 0.25) is 11.8 Å². The number of amides is 2. The van der Waals surface area contributed by atoms with E-state index in [2.05, 4.69) is 5.32 Å². The number of sulfonamides is 1. The largest absolute Gasteiger partial charge is 0.354 e. The molecule has 214 valence electrons. The molecule has 0 aliphatic rings. The highest BCUT2D eigenvalue weighted by Gasteiger charge is 2.34. The molecule has 0 saturated carbocycles. The Balaban J connectivity index is 2.06. The van der Waals surface area contributed by atoms with Crippen LogP contribution in [-0.2, 0) is 26.2 Å². The van der Waals surface area contributed by atoms with E-state index in [4.69, 9.17) is 11.6 Å².